The lowest BCUT2D eigenvalue weighted by molar-refractivity contribution is -0.151. The second-order valence-corrected chi connectivity index (χ2v) is 18.1. The topological polar surface area (TPSA) is 38.8 Å². The number of carbonyl (C=O) groups is 1. The Balaban J connectivity index is 1.19. The Bertz CT molecular complexity index is 972. The van der Waals surface area contributed by atoms with Crippen LogP contribution in [0.4, 0.5) is 0 Å². The van der Waals surface area contributed by atoms with Crippen LogP contribution in [0.15, 0.2) is 11.6 Å². The maximum atomic E-state index is 12.3. The molecule has 4 heteroatoms. The van der Waals surface area contributed by atoms with Crippen LogP contribution in [0.1, 0.15) is 158 Å². The molecule has 4 aliphatic rings. The highest BCUT2D eigenvalue weighted by Gasteiger charge is 2.59. The van der Waals surface area contributed by atoms with Crippen LogP contribution in [0.25, 0.3) is 0 Å². The predicted octanol–water partition coefficient (Wildman–Crippen LogP) is 10.9. The van der Waals surface area contributed by atoms with E-state index in [1.54, 1.807) is 5.57 Å². The second kappa shape index (κ2) is 17.2. The molecule has 0 heterocycles. The highest BCUT2D eigenvalue weighted by atomic mass is 16.5. The number of nitrogens with zero attached hydrogens (tertiary/aromatic N) is 1. The summed E-state index contributed by atoms with van der Waals surface area (Å²) < 4.78 is 12.4. The molecule has 0 bridgehead atoms. The Morgan fingerprint density at radius 2 is 1.67 bits per heavy atom. The Morgan fingerprint density at radius 1 is 0.891 bits per heavy atom. The van der Waals surface area contributed by atoms with Crippen LogP contribution in [-0.4, -0.2) is 50.3 Å². The SMILES string of the molecule is CC(C)CCC[C@@H](C)[C@H]1CCC2C3CC=C4C[C@@H](OCCCCCC(OC(=O)CCCN(C)C)C(C)C)CC[C@]4(C)C3CC[C@@]21C. The summed E-state index contributed by atoms with van der Waals surface area (Å²) >= 11 is 0. The Hall–Kier alpha value is -0.870. The molecular weight excluding hydrogens is 566 g/mol. The third-order valence-corrected chi connectivity index (χ3v) is 13.8. The lowest BCUT2D eigenvalue weighted by Gasteiger charge is -2.58. The summed E-state index contributed by atoms with van der Waals surface area (Å²) in [6, 6.07) is 0. The molecule has 0 N–H and O–H groups in total. The van der Waals surface area contributed by atoms with Crippen LogP contribution in [0.2, 0.25) is 0 Å². The zero-order valence-electron chi connectivity index (χ0n) is 31.9. The van der Waals surface area contributed by atoms with Crippen molar-refractivity contribution in [2.75, 3.05) is 27.2 Å². The van der Waals surface area contributed by atoms with Crippen molar-refractivity contribution in [3.8, 4) is 0 Å². The summed E-state index contributed by atoms with van der Waals surface area (Å²) in [5, 5.41) is 0. The number of ether oxygens (including phenoxy) is 2. The zero-order valence-corrected chi connectivity index (χ0v) is 31.9. The van der Waals surface area contributed by atoms with Crippen molar-refractivity contribution in [2.24, 2.45) is 52.3 Å². The van der Waals surface area contributed by atoms with E-state index in [0.717, 1.165) is 87.2 Å². The first-order valence-electron chi connectivity index (χ1n) is 20.0. The zero-order chi connectivity index (χ0) is 33.5. The van der Waals surface area contributed by atoms with Crippen molar-refractivity contribution in [3.63, 3.8) is 0 Å². The predicted molar refractivity (Wildman–Crippen MR) is 194 cm³/mol. The van der Waals surface area contributed by atoms with E-state index in [9.17, 15) is 4.79 Å². The molecule has 0 aromatic heterocycles. The summed E-state index contributed by atoms with van der Waals surface area (Å²) in [6.07, 6.45) is 24.0. The van der Waals surface area contributed by atoms with Gasteiger partial charge in [0.15, 0.2) is 0 Å². The molecule has 3 saturated carbocycles. The van der Waals surface area contributed by atoms with Gasteiger partial charge in [-0.2, -0.15) is 0 Å². The maximum Gasteiger partial charge on any atom is 0.306 e. The molecule has 0 radical (unpaired) electrons. The molecule has 0 aliphatic heterocycles. The third-order valence-electron chi connectivity index (χ3n) is 13.8. The van der Waals surface area contributed by atoms with Crippen LogP contribution in [0.3, 0.4) is 0 Å². The average Bonchev–Trinajstić information content (AvgIpc) is 3.35. The number of rotatable bonds is 18. The van der Waals surface area contributed by atoms with Gasteiger partial charge in [0.2, 0.25) is 0 Å². The molecule has 0 aromatic carbocycles. The molecular formula is C42H75NO3. The number of carbonyl (C=O) groups excluding carboxylic acids is 1. The van der Waals surface area contributed by atoms with E-state index in [0.29, 0.717) is 29.3 Å². The summed E-state index contributed by atoms with van der Waals surface area (Å²) in [5.41, 5.74) is 2.72. The lowest BCUT2D eigenvalue weighted by Crippen LogP contribution is -2.51. The number of hydrogen-bond donors (Lipinski definition) is 0. The minimum Gasteiger partial charge on any atom is -0.462 e. The van der Waals surface area contributed by atoms with Crippen molar-refractivity contribution < 1.29 is 14.3 Å². The van der Waals surface area contributed by atoms with Gasteiger partial charge in [-0.05, 0) is 150 Å². The maximum absolute atomic E-state index is 12.3. The van der Waals surface area contributed by atoms with Crippen molar-refractivity contribution in [1.82, 2.24) is 4.90 Å². The van der Waals surface area contributed by atoms with Crippen LogP contribution in [0, 0.1) is 52.3 Å². The van der Waals surface area contributed by atoms with E-state index >= 15 is 0 Å². The molecule has 0 spiro atoms. The number of hydrogen-bond acceptors (Lipinski definition) is 4. The fourth-order valence-corrected chi connectivity index (χ4v) is 11.0. The van der Waals surface area contributed by atoms with Gasteiger partial charge in [0.05, 0.1) is 6.10 Å². The second-order valence-electron chi connectivity index (χ2n) is 18.1. The van der Waals surface area contributed by atoms with Gasteiger partial charge in [-0.15, -0.1) is 0 Å². The average molecular weight is 642 g/mol. The molecule has 0 amide bonds. The van der Waals surface area contributed by atoms with E-state index in [1.807, 2.05) is 14.1 Å². The molecule has 266 valence electrons. The fourth-order valence-electron chi connectivity index (χ4n) is 11.0. The quantitative estimate of drug-likeness (QED) is 0.0848. The molecule has 4 rings (SSSR count). The van der Waals surface area contributed by atoms with E-state index in [1.165, 1.54) is 64.2 Å². The summed E-state index contributed by atoms with van der Waals surface area (Å²) in [6.45, 7) is 18.9. The van der Waals surface area contributed by atoms with Gasteiger partial charge < -0.3 is 14.4 Å². The first-order valence-corrected chi connectivity index (χ1v) is 20.0. The summed E-state index contributed by atoms with van der Waals surface area (Å²) in [7, 11) is 4.09. The Kier molecular flexibility index (Phi) is 14.2. The van der Waals surface area contributed by atoms with Crippen LogP contribution in [-0.2, 0) is 14.3 Å². The number of esters is 1. The molecule has 4 aliphatic carbocycles. The molecule has 0 saturated heterocycles. The van der Waals surface area contributed by atoms with Gasteiger partial charge in [0.25, 0.3) is 0 Å². The lowest BCUT2D eigenvalue weighted by atomic mass is 9.47. The number of unbranched alkanes of at least 4 members (excludes halogenated alkanes) is 2. The van der Waals surface area contributed by atoms with Gasteiger partial charge in [-0.25, -0.2) is 0 Å². The van der Waals surface area contributed by atoms with Gasteiger partial charge in [0.1, 0.15) is 6.10 Å². The van der Waals surface area contributed by atoms with E-state index < -0.39 is 0 Å². The van der Waals surface area contributed by atoms with Crippen molar-refractivity contribution >= 4 is 5.97 Å². The smallest absolute Gasteiger partial charge is 0.306 e. The fraction of sp³-hybridized carbons (Fsp3) is 0.929. The standard InChI is InChI=1S/C42H75NO3/c1-30(2)15-13-16-32(5)36-21-22-37-35-20-19-33-29-34(23-25-41(33,6)38(35)24-26-42(36,37)7)45-28-12-10-11-17-39(31(3)4)46-40(44)18-14-27-43(8)9/h19,30-32,34-39H,10-18,20-29H2,1-9H3/t32-,34+,35?,36-,37?,38?,39?,41+,42-/m1/s1. The normalized spacial score (nSPS) is 33.8. The van der Waals surface area contributed by atoms with E-state index in [-0.39, 0.29) is 12.1 Å². The van der Waals surface area contributed by atoms with Gasteiger partial charge in [-0.1, -0.05) is 85.8 Å². The first kappa shape index (κ1) is 37.9. The molecule has 0 aromatic rings. The van der Waals surface area contributed by atoms with Crippen LogP contribution < -0.4 is 0 Å². The van der Waals surface area contributed by atoms with E-state index in [4.69, 9.17) is 9.47 Å². The van der Waals surface area contributed by atoms with Crippen molar-refractivity contribution in [1.29, 1.82) is 0 Å². The molecule has 3 fully saturated rings. The van der Waals surface area contributed by atoms with Gasteiger partial charge in [-0.3, -0.25) is 4.79 Å². The number of fused-ring (bicyclic) bond motifs is 5. The van der Waals surface area contributed by atoms with Crippen LogP contribution in [0.5, 0.6) is 0 Å². The molecule has 4 nitrogen and oxygen atoms in total. The summed E-state index contributed by atoms with van der Waals surface area (Å²) in [4.78, 5) is 14.5. The Labute approximate surface area is 285 Å². The molecule has 46 heavy (non-hydrogen) atoms. The monoisotopic (exact) mass is 642 g/mol. The molecule has 9 atom stereocenters. The van der Waals surface area contributed by atoms with Crippen molar-refractivity contribution in [3.05, 3.63) is 11.6 Å². The third kappa shape index (κ3) is 9.42. The highest BCUT2D eigenvalue weighted by Crippen LogP contribution is 2.67. The van der Waals surface area contributed by atoms with Crippen molar-refractivity contribution in [2.45, 2.75) is 170 Å². The van der Waals surface area contributed by atoms with E-state index in [2.05, 4.69) is 59.4 Å². The largest absolute Gasteiger partial charge is 0.462 e. The minimum atomic E-state index is -0.0340. The Morgan fingerprint density at radius 3 is 2.39 bits per heavy atom. The highest BCUT2D eigenvalue weighted by molar-refractivity contribution is 5.69. The first-order chi connectivity index (χ1) is 21.8. The minimum absolute atomic E-state index is 0.0340. The number of allylic oxidation sites excluding steroid dienone is 1. The van der Waals surface area contributed by atoms with Gasteiger partial charge >= 0.3 is 5.97 Å². The molecule has 4 unspecified atom stereocenters. The summed E-state index contributed by atoms with van der Waals surface area (Å²) in [5.74, 6) is 5.74. The van der Waals surface area contributed by atoms with Crippen LogP contribution >= 0.6 is 0 Å². The van der Waals surface area contributed by atoms with Gasteiger partial charge in [0, 0.05) is 13.0 Å².